The average molecular weight is 315 g/mol. The van der Waals surface area contributed by atoms with Gasteiger partial charge >= 0.3 is 12.1 Å². The number of amides is 1. The van der Waals surface area contributed by atoms with Gasteiger partial charge in [0.2, 0.25) is 5.54 Å². The Labute approximate surface area is 133 Å². The normalized spacial score (nSPS) is 18.1. The van der Waals surface area contributed by atoms with E-state index in [1.807, 2.05) is 6.07 Å². The Balaban J connectivity index is 2.23. The minimum absolute atomic E-state index is 0.188. The number of anilines is 2. The standard InChI is InChI=1S/C16H17N3O4/c1-3-22-14(20)16(10-17)8-7-11-9-12(5-6-13(11)19-16)18-15(21)23-4-2/h5-9,19H,3-4H2,1-2H3,(H,18,21). The largest absolute Gasteiger partial charge is 0.463 e. The molecule has 0 saturated carbocycles. The molecule has 1 amide bonds. The van der Waals surface area contributed by atoms with E-state index < -0.39 is 17.6 Å². The zero-order chi connectivity index (χ0) is 16.9. The molecule has 1 unspecified atom stereocenters. The van der Waals surface area contributed by atoms with Crippen LogP contribution in [-0.2, 0) is 14.3 Å². The zero-order valence-corrected chi connectivity index (χ0v) is 12.9. The van der Waals surface area contributed by atoms with Crippen molar-refractivity contribution in [3.63, 3.8) is 0 Å². The SMILES string of the molecule is CCOC(=O)Nc1ccc2c(c1)C=CC(C#N)(C(=O)OCC)N2. The second-order valence-corrected chi connectivity index (χ2v) is 4.75. The molecule has 1 aromatic rings. The molecule has 0 bridgehead atoms. The van der Waals surface area contributed by atoms with Gasteiger partial charge in [0.05, 0.1) is 13.2 Å². The first-order valence-electron chi connectivity index (χ1n) is 7.18. The van der Waals surface area contributed by atoms with E-state index in [0.717, 1.165) is 5.56 Å². The molecule has 1 aliphatic rings. The number of fused-ring (bicyclic) bond motifs is 1. The van der Waals surface area contributed by atoms with Gasteiger partial charge in [0, 0.05) is 11.4 Å². The van der Waals surface area contributed by atoms with Crippen molar-refractivity contribution in [1.29, 1.82) is 5.26 Å². The van der Waals surface area contributed by atoms with Crippen molar-refractivity contribution in [2.45, 2.75) is 19.4 Å². The van der Waals surface area contributed by atoms with Gasteiger partial charge in [0.25, 0.3) is 0 Å². The number of hydrogen-bond acceptors (Lipinski definition) is 6. The summed E-state index contributed by atoms with van der Waals surface area (Å²) >= 11 is 0. The van der Waals surface area contributed by atoms with E-state index in [9.17, 15) is 14.9 Å². The summed E-state index contributed by atoms with van der Waals surface area (Å²) < 4.78 is 9.76. The molecule has 0 saturated heterocycles. The highest BCUT2D eigenvalue weighted by atomic mass is 16.5. The van der Waals surface area contributed by atoms with Crippen LogP contribution in [0.3, 0.4) is 0 Å². The Hall–Kier alpha value is -3.01. The Morgan fingerprint density at radius 1 is 1.30 bits per heavy atom. The van der Waals surface area contributed by atoms with Gasteiger partial charge in [-0.2, -0.15) is 5.26 Å². The summed E-state index contributed by atoms with van der Waals surface area (Å²) in [4.78, 5) is 23.4. The number of nitrogens with zero attached hydrogens (tertiary/aromatic N) is 1. The molecule has 7 heteroatoms. The van der Waals surface area contributed by atoms with Crippen LogP contribution in [-0.4, -0.2) is 30.8 Å². The lowest BCUT2D eigenvalue weighted by atomic mass is 9.94. The molecule has 2 rings (SSSR count). The molecule has 0 aromatic heterocycles. The van der Waals surface area contributed by atoms with Crippen LogP contribution < -0.4 is 10.6 Å². The third-order valence-corrected chi connectivity index (χ3v) is 3.19. The Bertz CT molecular complexity index is 693. The first-order chi connectivity index (χ1) is 11.0. The van der Waals surface area contributed by atoms with Crippen LogP contribution in [0, 0.1) is 11.3 Å². The number of nitrogens with one attached hydrogen (secondary N) is 2. The highest BCUT2D eigenvalue weighted by molar-refractivity contribution is 5.96. The number of hydrogen-bond donors (Lipinski definition) is 2. The topological polar surface area (TPSA) is 100 Å². The number of esters is 1. The Kier molecular flexibility index (Phi) is 4.86. The smallest absolute Gasteiger partial charge is 0.411 e. The minimum atomic E-state index is -1.54. The molecular formula is C16H17N3O4. The molecule has 0 spiro atoms. The van der Waals surface area contributed by atoms with Crippen LogP contribution in [0.4, 0.5) is 16.2 Å². The van der Waals surface area contributed by atoms with E-state index >= 15 is 0 Å². The van der Waals surface area contributed by atoms with Crippen molar-refractivity contribution in [2.24, 2.45) is 0 Å². The van der Waals surface area contributed by atoms with Crippen molar-refractivity contribution >= 4 is 29.5 Å². The van der Waals surface area contributed by atoms with Crippen LogP contribution in [0.5, 0.6) is 0 Å². The molecule has 1 heterocycles. The highest BCUT2D eigenvalue weighted by Crippen LogP contribution is 2.31. The number of nitriles is 1. The van der Waals surface area contributed by atoms with Crippen molar-refractivity contribution in [2.75, 3.05) is 23.8 Å². The summed E-state index contributed by atoms with van der Waals surface area (Å²) in [6.45, 7) is 3.86. The Morgan fingerprint density at radius 2 is 2.04 bits per heavy atom. The molecular weight excluding hydrogens is 298 g/mol. The van der Waals surface area contributed by atoms with Crippen LogP contribution >= 0.6 is 0 Å². The number of carbonyl (C=O) groups is 2. The quantitative estimate of drug-likeness (QED) is 0.828. The average Bonchev–Trinajstić information content (AvgIpc) is 2.54. The van der Waals surface area contributed by atoms with Gasteiger partial charge in [-0.15, -0.1) is 0 Å². The summed E-state index contributed by atoms with van der Waals surface area (Å²) in [5.41, 5.74) is 0.333. The summed E-state index contributed by atoms with van der Waals surface area (Å²) in [6.07, 6.45) is 2.54. The van der Waals surface area contributed by atoms with Gasteiger partial charge < -0.3 is 14.8 Å². The lowest BCUT2D eigenvalue weighted by Gasteiger charge is -2.28. The molecule has 0 fully saturated rings. The highest BCUT2D eigenvalue weighted by Gasteiger charge is 2.40. The van der Waals surface area contributed by atoms with Gasteiger partial charge in [0.15, 0.2) is 0 Å². The summed E-state index contributed by atoms with van der Waals surface area (Å²) in [5.74, 6) is -0.655. The van der Waals surface area contributed by atoms with E-state index in [1.165, 1.54) is 6.08 Å². The minimum Gasteiger partial charge on any atom is -0.463 e. The molecule has 0 radical (unpaired) electrons. The zero-order valence-electron chi connectivity index (χ0n) is 12.9. The third kappa shape index (κ3) is 3.43. The molecule has 23 heavy (non-hydrogen) atoms. The maximum atomic E-state index is 12.0. The second-order valence-electron chi connectivity index (χ2n) is 4.75. The number of benzene rings is 1. The molecule has 2 N–H and O–H groups in total. The molecule has 120 valence electrons. The molecule has 1 aromatic carbocycles. The van der Waals surface area contributed by atoms with Gasteiger partial charge in [0.1, 0.15) is 6.07 Å². The summed E-state index contributed by atoms with van der Waals surface area (Å²) in [5, 5.41) is 14.8. The fourth-order valence-corrected chi connectivity index (χ4v) is 2.12. The van der Waals surface area contributed by atoms with Crippen LogP contribution in [0.15, 0.2) is 24.3 Å². The number of ether oxygens (including phenoxy) is 2. The fourth-order valence-electron chi connectivity index (χ4n) is 2.12. The monoisotopic (exact) mass is 315 g/mol. The van der Waals surface area contributed by atoms with Crippen LogP contribution in [0.1, 0.15) is 19.4 Å². The molecule has 1 atom stereocenters. The van der Waals surface area contributed by atoms with E-state index in [4.69, 9.17) is 9.47 Å². The van der Waals surface area contributed by atoms with Crippen LogP contribution in [0.2, 0.25) is 0 Å². The molecule has 0 aliphatic carbocycles. The van der Waals surface area contributed by atoms with E-state index in [0.29, 0.717) is 11.4 Å². The first-order valence-corrected chi connectivity index (χ1v) is 7.18. The number of rotatable bonds is 4. The van der Waals surface area contributed by atoms with Crippen molar-refractivity contribution in [1.82, 2.24) is 0 Å². The predicted molar refractivity (Wildman–Crippen MR) is 84.7 cm³/mol. The fraction of sp³-hybridized carbons (Fsp3) is 0.312. The van der Waals surface area contributed by atoms with E-state index in [2.05, 4.69) is 10.6 Å². The van der Waals surface area contributed by atoms with E-state index in [-0.39, 0.29) is 13.2 Å². The van der Waals surface area contributed by atoms with Crippen LogP contribution in [0.25, 0.3) is 6.08 Å². The molecule has 7 nitrogen and oxygen atoms in total. The van der Waals surface area contributed by atoms with Gasteiger partial charge in [-0.05, 0) is 43.7 Å². The summed E-state index contributed by atoms with van der Waals surface area (Å²) in [7, 11) is 0. The Morgan fingerprint density at radius 3 is 2.70 bits per heavy atom. The first kappa shape index (κ1) is 16.4. The maximum absolute atomic E-state index is 12.0. The maximum Gasteiger partial charge on any atom is 0.411 e. The van der Waals surface area contributed by atoms with Gasteiger partial charge in [-0.25, -0.2) is 9.59 Å². The lowest BCUT2D eigenvalue weighted by molar-refractivity contribution is -0.145. The summed E-state index contributed by atoms with van der Waals surface area (Å²) in [6, 6.07) is 6.98. The van der Waals surface area contributed by atoms with Crippen molar-refractivity contribution < 1.29 is 19.1 Å². The van der Waals surface area contributed by atoms with Crippen molar-refractivity contribution in [3.8, 4) is 6.07 Å². The predicted octanol–water partition coefficient (Wildman–Crippen LogP) is 2.52. The van der Waals surface area contributed by atoms with Crippen molar-refractivity contribution in [3.05, 3.63) is 29.8 Å². The van der Waals surface area contributed by atoms with Gasteiger partial charge in [-0.1, -0.05) is 6.08 Å². The van der Waals surface area contributed by atoms with E-state index in [1.54, 1.807) is 38.1 Å². The second kappa shape index (κ2) is 6.83. The third-order valence-electron chi connectivity index (χ3n) is 3.19. The molecule has 1 aliphatic heterocycles. The van der Waals surface area contributed by atoms with Gasteiger partial charge in [-0.3, -0.25) is 5.32 Å². The lowest BCUT2D eigenvalue weighted by Crippen LogP contribution is -2.45. The number of carbonyl (C=O) groups excluding carboxylic acids is 2.